The third-order valence-electron chi connectivity index (χ3n) is 6.15. The number of urea groups is 1. The molecule has 0 saturated carbocycles. The molecule has 6 nitrogen and oxygen atoms in total. The fourth-order valence-corrected chi connectivity index (χ4v) is 5.37. The Morgan fingerprint density at radius 1 is 0.970 bits per heavy atom. The molecular formula is C23H26Cl2FN3O3S. The zero-order valence-electron chi connectivity index (χ0n) is 18.0. The summed E-state index contributed by atoms with van der Waals surface area (Å²) in [6.07, 6.45) is 3.74. The second kappa shape index (κ2) is 11.0. The molecule has 0 aromatic heterocycles. The molecule has 178 valence electrons. The van der Waals surface area contributed by atoms with Gasteiger partial charge >= 0.3 is 6.03 Å². The number of piperidine rings is 2. The Kier molecular flexibility index (Phi) is 8.11. The normalized spacial score (nSPS) is 19.3. The summed E-state index contributed by atoms with van der Waals surface area (Å²) in [5, 5.41) is 1.00. The summed E-state index contributed by atoms with van der Waals surface area (Å²) in [6, 6.07) is 10.7. The lowest BCUT2D eigenvalue weighted by Gasteiger charge is -2.41. The standard InChI is InChI=1S/C23H26Cl2FN3O3S/c24-21-6-3-19(15-22(21)25)32-18-9-13-28(14-10-18)17-7-11-29(12-8-17)23(30)27-33(31)20-4-1-16(26)2-5-20/h1-6,15,17-18H,7-14H2,(H,27,30). The average Bonchev–Trinajstić information content (AvgIpc) is 2.82. The van der Waals surface area contributed by atoms with Crippen LogP contribution in [0.2, 0.25) is 10.0 Å². The van der Waals surface area contributed by atoms with Crippen LogP contribution in [0.1, 0.15) is 25.7 Å². The van der Waals surface area contributed by atoms with Crippen molar-refractivity contribution in [3.05, 3.63) is 58.3 Å². The smallest absolute Gasteiger partial charge is 0.329 e. The molecule has 0 radical (unpaired) electrons. The number of rotatable bonds is 5. The highest BCUT2D eigenvalue weighted by atomic mass is 35.5. The van der Waals surface area contributed by atoms with E-state index in [0.717, 1.165) is 44.5 Å². The maximum absolute atomic E-state index is 13.0. The van der Waals surface area contributed by atoms with E-state index in [1.54, 1.807) is 17.0 Å². The average molecular weight is 514 g/mol. The zero-order valence-corrected chi connectivity index (χ0v) is 20.3. The van der Waals surface area contributed by atoms with E-state index < -0.39 is 16.8 Å². The first-order valence-corrected chi connectivity index (χ1v) is 12.9. The second-order valence-electron chi connectivity index (χ2n) is 8.28. The molecule has 4 rings (SSSR count). The van der Waals surface area contributed by atoms with E-state index in [0.29, 0.717) is 34.1 Å². The first kappa shape index (κ1) is 24.3. The van der Waals surface area contributed by atoms with Crippen LogP contribution in [0.15, 0.2) is 47.4 Å². The minimum atomic E-state index is -1.71. The number of halogens is 3. The third-order valence-corrected chi connectivity index (χ3v) is 7.95. The summed E-state index contributed by atoms with van der Waals surface area (Å²) in [5.41, 5.74) is 0. The lowest BCUT2D eigenvalue weighted by atomic mass is 9.99. The molecule has 1 unspecified atom stereocenters. The number of benzene rings is 2. The van der Waals surface area contributed by atoms with Gasteiger partial charge in [-0.1, -0.05) is 23.2 Å². The van der Waals surface area contributed by atoms with Gasteiger partial charge in [-0.3, -0.25) is 9.62 Å². The van der Waals surface area contributed by atoms with Gasteiger partial charge in [0.1, 0.15) is 17.7 Å². The predicted molar refractivity (Wildman–Crippen MR) is 128 cm³/mol. The van der Waals surface area contributed by atoms with Crippen LogP contribution in [0, 0.1) is 5.82 Å². The number of carbonyl (C=O) groups excluding carboxylic acids is 1. The fraction of sp³-hybridized carbons (Fsp3) is 0.435. The van der Waals surface area contributed by atoms with Gasteiger partial charge in [0, 0.05) is 38.3 Å². The van der Waals surface area contributed by atoms with Crippen LogP contribution in [0.3, 0.4) is 0 Å². The van der Waals surface area contributed by atoms with Crippen molar-refractivity contribution in [1.29, 1.82) is 0 Å². The number of carbonyl (C=O) groups is 1. The van der Waals surface area contributed by atoms with E-state index >= 15 is 0 Å². The van der Waals surface area contributed by atoms with E-state index in [1.807, 2.05) is 6.07 Å². The molecule has 1 atom stereocenters. The van der Waals surface area contributed by atoms with E-state index in [9.17, 15) is 13.4 Å². The molecule has 0 aliphatic carbocycles. The van der Waals surface area contributed by atoms with Gasteiger partial charge in [0.15, 0.2) is 11.0 Å². The van der Waals surface area contributed by atoms with E-state index in [2.05, 4.69) is 9.62 Å². The molecule has 2 aromatic rings. The SMILES string of the molecule is O=C(NS(=O)c1ccc(F)cc1)N1CCC(N2CCC(Oc3ccc(Cl)c(Cl)c3)CC2)CC1. The summed E-state index contributed by atoms with van der Waals surface area (Å²) in [6.45, 7) is 3.10. The molecule has 2 amide bonds. The predicted octanol–water partition coefficient (Wildman–Crippen LogP) is 4.87. The minimum absolute atomic E-state index is 0.144. The Balaban J connectivity index is 1.20. The van der Waals surface area contributed by atoms with Gasteiger partial charge in [0.2, 0.25) is 0 Å². The first-order chi connectivity index (χ1) is 15.9. The van der Waals surface area contributed by atoms with Crippen LogP contribution in [0.25, 0.3) is 0 Å². The molecule has 33 heavy (non-hydrogen) atoms. The van der Waals surface area contributed by atoms with Crippen LogP contribution in [0.5, 0.6) is 5.75 Å². The van der Waals surface area contributed by atoms with Crippen LogP contribution < -0.4 is 9.46 Å². The van der Waals surface area contributed by atoms with Crippen molar-refractivity contribution >= 4 is 40.2 Å². The molecule has 0 spiro atoms. The molecule has 10 heteroatoms. The van der Waals surface area contributed by atoms with Crippen molar-refractivity contribution in [2.24, 2.45) is 0 Å². The number of amides is 2. The molecule has 1 N–H and O–H groups in total. The molecule has 2 aliphatic rings. The molecule has 2 heterocycles. The summed E-state index contributed by atoms with van der Waals surface area (Å²) in [5.74, 6) is 0.328. The number of nitrogens with one attached hydrogen (secondary N) is 1. The van der Waals surface area contributed by atoms with Crippen LogP contribution in [0.4, 0.5) is 9.18 Å². The van der Waals surface area contributed by atoms with Gasteiger partial charge in [-0.25, -0.2) is 13.4 Å². The minimum Gasteiger partial charge on any atom is -0.490 e. The number of ether oxygens (including phenoxy) is 1. The number of hydrogen-bond acceptors (Lipinski definition) is 4. The summed E-state index contributed by atoms with van der Waals surface area (Å²) in [4.78, 5) is 17.0. The van der Waals surface area contributed by atoms with Crippen LogP contribution >= 0.6 is 23.2 Å². The number of hydrogen-bond donors (Lipinski definition) is 1. The van der Waals surface area contributed by atoms with E-state index in [-0.39, 0.29) is 12.1 Å². The van der Waals surface area contributed by atoms with Crippen molar-refractivity contribution in [3.63, 3.8) is 0 Å². The largest absolute Gasteiger partial charge is 0.490 e. The van der Waals surface area contributed by atoms with Crippen molar-refractivity contribution < 1.29 is 18.1 Å². The van der Waals surface area contributed by atoms with Gasteiger partial charge in [-0.2, -0.15) is 0 Å². The number of likely N-dealkylation sites (tertiary alicyclic amines) is 2. The summed E-state index contributed by atoms with van der Waals surface area (Å²) >= 11 is 12.0. The van der Waals surface area contributed by atoms with Crippen molar-refractivity contribution in [2.75, 3.05) is 26.2 Å². The monoisotopic (exact) mass is 513 g/mol. The number of nitrogens with zero attached hydrogens (tertiary/aromatic N) is 2. The third kappa shape index (κ3) is 6.38. The summed E-state index contributed by atoms with van der Waals surface area (Å²) in [7, 11) is -1.71. The van der Waals surface area contributed by atoms with Gasteiger partial charge in [-0.05, 0) is 62.1 Å². The van der Waals surface area contributed by atoms with Gasteiger partial charge in [-0.15, -0.1) is 0 Å². The quantitative estimate of drug-likeness (QED) is 0.619. The Morgan fingerprint density at radius 2 is 1.64 bits per heavy atom. The highest BCUT2D eigenvalue weighted by Gasteiger charge is 2.30. The molecule has 2 fully saturated rings. The topological polar surface area (TPSA) is 61.9 Å². The Labute approximate surface area is 205 Å². The maximum atomic E-state index is 13.0. The fourth-order valence-electron chi connectivity index (χ4n) is 4.30. The van der Waals surface area contributed by atoms with E-state index in [4.69, 9.17) is 27.9 Å². The lowest BCUT2D eigenvalue weighted by molar-refractivity contribution is 0.0540. The molecule has 2 saturated heterocycles. The van der Waals surface area contributed by atoms with Crippen molar-refractivity contribution in [2.45, 2.75) is 42.7 Å². The second-order valence-corrected chi connectivity index (χ2v) is 10.3. The van der Waals surface area contributed by atoms with Crippen molar-refractivity contribution in [3.8, 4) is 5.75 Å². The Hall–Kier alpha value is -1.87. The summed E-state index contributed by atoms with van der Waals surface area (Å²) < 4.78 is 33.9. The molecule has 2 aromatic carbocycles. The Morgan fingerprint density at radius 3 is 2.27 bits per heavy atom. The Bertz CT molecular complexity index is 995. The molecule has 2 aliphatic heterocycles. The van der Waals surface area contributed by atoms with E-state index in [1.165, 1.54) is 24.3 Å². The highest BCUT2D eigenvalue weighted by molar-refractivity contribution is 7.83. The maximum Gasteiger partial charge on any atom is 0.329 e. The first-order valence-electron chi connectivity index (χ1n) is 11.0. The van der Waals surface area contributed by atoms with Crippen molar-refractivity contribution in [1.82, 2.24) is 14.5 Å². The van der Waals surface area contributed by atoms with Crippen LogP contribution in [-0.2, 0) is 11.0 Å². The molecular weight excluding hydrogens is 488 g/mol. The van der Waals surface area contributed by atoms with Gasteiger partial charge in [0.25, 0.3) is 0 Å². The van der Waals surface area contributed by atoms with Gasteiger partial charge < -0.3 is 9.64 Å². The van der Waals surface area contributed by atoms with Gasteiger partial charge in [0.05, 0.1) is 14.9 Å². The van der Waals surface area contributed by atoms with Crippen LogP contribution in [-0.4, -0.2) is 58.4 Å². The molecule has 0 bridgehead atoms. The lowest BCUT2D eigenvalue weighted by Crippen LogP contribution is -2.51. The zero-order chi connectivity index (χ0) is 23.4. The highest BCUT2D eigenvalue weighted by Crippen LogP contribution is 2.29.